The third-order valence-electron chi connectivity index (χ3n) is 4.16. The lowest BCUT2D eigenvalue weighted by atomic mass is 9.99. The molecule has 0 spiro atoms. The molecule has 0 fully saturated rings. The molecular formula is C23H27NO4. The van der Waals surface area contributed by atoms with Crippen LogP contribution in [0.4, 0.5) is 4.79 Å². The van der Waals surface area contributed by atoms with E-state index in [1.807, 2.05) is 52.0 Å². The van der Waals surface area contributed by atoms with Gasteiger partial charge in [0.15, 0.2) is 0 Å². The summed E-state index contributed by atoms with van der Waals surface area (Å²) < 4.78 is 16.6. The van der Waals surface area contributed by atoms with Gasteiger partial charge in [0.2, 0.25) is 0 Å². The standard InChI is InChI=1S/C23H27NO4/c1-5-26-15-17-12-19-9-10-27-21(19)20(13-17)18-8-6-7-16(11-18)14-24-22(25)28-23(2,3)4/h6-13H,5,14-15H2,1-4H3,(H,24,25). The SMILES string of the molecule is CCOCc1cc(-c2cccc(CNC(=O)OC(C)(C)C)c2)c2occc2c1. The number of amides is 1. The number of fused-ring (bicyclic) bond motifs is 1. The second-order valence-electron chi connectivity index (χ2n) is 7.68. The molecule has 5 heteroatoms. The maximum atomic E-state index is 11.9. The van der Waals surface area contributed by atoms with E-state index >= 15 is 0 Å². The first-order chi connectivity index (χ1) is 13.4. The van der Waals surface area contributed by atoms with Gasteiger partial charge in [0.25, 0.3) is 0 Å². The van der Waals surface area contributed by atoms with Gasteiger partial charge in [-0.15, -0.1) is 0 Å². The average Bonchev–Trinajstić information content (AvgIpc) is 3.11. The normalized spacial score (nSPS) is 11.6. The maximum Gasteiger partial charge on any atom is 0.407 e. The molecule has 2 aromatic carbocycles. The van der Waals surface area contributed by atoms with Gasteiger partial charge in [-0.3, -0.25) is 0 Å². The molecule has 0 radical (unpaired) electrons. The Balaban J connectivity index is 1.83. The Kier molecular flexibility index (Phi) is 6.05. The van der Waals surface area contributed by atoms with E-state index in [0.717, 1.165) is 33.2 Å². The van der Waals surface area contributed by atoms with Crippen LogP contribution in [0.15, 0.2) is 53.1 Å². The van der Waals surface area contributed by atoms with Crippen LogP contribution in [0.5, 0.6) is 0 Å². The third-order valence-corrected chi connectivity index (χ3v) is 4.16. The Morgan fingerprint density at radius 1 is 1.11 bits per heavy atom. The molecule has 0 saturated heterocycles. The van der Waals surface area contributed by atoms with Crippen LogP contribution >= 0.6 is 0 Å². The highest BCUT2D eigenvalue weighted by atomic mass is 16.6. The lowest BCUT2D eigenvalue weighted by molar-refractivity contribution is 0.0523. The number of hydrogen-bond donors (Lipinski definition) is 1. The van der Waals surface area contributed by atoms with E-state index in [-0.39, 0.29) is 0 Å². The molecule has 0 saturated carbocycles. The molecule has 0 aliphatic heterocycles. The molecule has 0 aliphatic rings. The molecule has 28 heavy (non-hydrogen) atoms. The number of furan rings is 1. The minimum Gasteiger partial charge on any atom is -0.464 e. The zero-order valence-corrected chi connectivity index (χ0v) is 16.9. The highest BCUT2D eigenvalue weighted by molar-refractivity contribution is 5.93. The zero-order chi connectivity index (χ0) is 20.1. The second-order valence-corrected chi connectivity index (χ2v) is 7.68. The molecule has 1 aromatic heterocycles. The molecule has 0 unspecified atom stereocenters. The van der Waals surface area contributed by atoms with Gasteiger partial charge in [0, 0.05) is 24.1 Å². The van der Waals surface area contributed by atoms with Crippen molar-refractivity contribution < 1.29 is 18.7 Å². The van der Waals surface area contributed by atoms with E-state index in [1.54, 1.807) is 6.26 Å². The molecule has 1 N–H and O–H groups in total. The largest absolute Gasteiger partial charge is 0.464 e. The lowest BCUT2D eigenvalue weighted by Crippen LogP contribution is -2.32. The van der Waals surface area contributed by atoms with Gasteiger partial charge in [0.1, 0.15) is 11.2 Å². The Morgan fingerprint density at radius 3 is 2.68 bits per heavy atom. The fourth-order valence-corrected chi connectivity index (χ4v) is 3.00. The van der Waals surface area contributed by atoms with E-state index in [2.05, 4.69) is 23.5 Å². The van der Waals surface area contributed by atoms with Crippen LogP contribution in [0.25, 0.3) is 22.1 Å². The highest BCUT2D eigenvalue weighted by Gasteiger charge is 2.16. The summed E-state index contributed by atoms with van der Waals surface area (Å²) >= 11 is 0. The van der Waals surface area contributed by atoms with Gasteiger partial charge in [0.05, 0.1) is 12.9 Å². The minimum atomic E-state index is -0.516. The summed E-state index contributed by atoms with van der Waals surface area (Å²) in [7, 11) is 0. The fraction of sp³-hybridized carbons (Fsp3) is 0.348. The van der Waals surface area contributed by atoms with Gasteiger partial charge in [-0.25, -0.2) is 4.79 Å². The number of ether oxygens (including phenoxy) is 2. The van der Waals surface area contributed by atoms with E-state index in [1.165, 1.54) is 0 Å². The van der Waals surface area contributed by atoms with Crippen molar-refractivity contribution in [1.82, 2.24) is 5.32 Å². The van der Waals surface area contributed by atoms with Gasteiger partial charge >= 0.3 is 6.09 Å². The molecule has 1 heterocycles. The number of alkyl carbamates (subject to hydrolysis) is 1. The number of rotatable bonds is 6. The molecule has 0 aliphatic carbocycles. The third kappa shape index (κ3) is 5.14. The van der Waals surface area contributed by atoms with E-state index < -0.39 is 11.7 Å². The molecule has 5 nitrogen and oxygen atoms in total. The first kappa shape index (κ1) is 20.0. The van der Waals surface area contributed by atoms with Crippen LogP contribution in [0.2, 0.25) is 0 Å². The van der Waals surface area contributed by atoms with Crippen molar-refractivity contribution in [2.75, 3.05) is 6.61 Å². The minimum absolute atomic E-state index is 0.392. The molecule has 0 bridgehead atoms. The van der Waals surface area contributed by atoms with Crippen molar-refractivity contribution in [3.8, 4) is 11.1 Å². The molecular weight excluding hydrogens is 354 g/mol. The van der Waals surface area contributed by atoms with Crippen LogP contribution < -0.4 is 5.32 Å². The van der Waals surface area contributed by atoms with Gasteiger partial charge in [-0.1, -0.05) is 18.2 Å². The van der Waals surface area contributed by atoms with Crippen molar-refractivity contribution in [2.45, 2.75) is 46.4 Å². The number of carbonyl (C=O) groups excluding carboxylic acids is 1. The van der Waals surface area contributed by atoms with Gasteiger partial charge < -0.3 is 19.2 Å². The Labute approximate surface area is 165 Å². The number of carbonyl (C=O) groups is 1. The summed E-state index contributed by atoms with van der Waals surface area (Å²) in [5, 5.41) is 3.85. The highest BCUT2D eigenvalue weighted by Crippen LogP contribution is 2.32. The van der Waals surface area contributed by atoms with Crippen molar-refractivity contribution in [3.63, 3.8) is 0 Å². The van der Waals surface area contributed by atoms with E-state index in [4.69, 9.17) is 13.9 Å². The lowest BCUT2D eigenvalue weighted by Gasteiger charge is -2.19. The number of nitrogens with one attached hydrogen (secondary N) is 1. The summed E-state index contributed by atoms with van der Waals surface area (Å²) in [6.45, 7) is 9.14. The number of hydrogen-bond acceptors (Lipinski definition) is 4. The summed E-state index contributed by atoms with van der Waals surface area (Å²) in [5.41, 5.74) is 4.45. The quantitative estimate of drug-likeness (QED) is 0.598. The molecule has 1 amide bonds. The second kappa shape index (κ2) is 8.48. The molecule has 3 rings (SSSR count). The van der Waals surface area contributed by atoms with Crippen LogP contribution in [-0.2, 0) is 22.6 Å². The van der Waals surface area contributed by atoms with Crippen LogP contribution in [0, 0.1) is 0 Å². The van der Waals surface area contributed by atoms with Crippen molar-refractivity contribution in [1.29, 1.82) is 0 Å². The van der Waals surface area contributed by atoms with Crippen LogP contribution in [-0.4, -0.2) is 18.3 Å². The topological polar surface area (TPSA) is 60.7 Å². The van der Waals surface area contributed by atoms with E-state index in [9.17, 15) is 4.79 Å². The van der Waals surface area contributed by atoms with Crippen LogP contribution in [0.1, 0.15) is 38.8 Å². The predicted octanol–water partition coefficient (Wildman–Crippen LogP) is 5.66. The van der Waals surface area contributed by atoms with Crippen molar-refractivity contribution in [2.24, 2.45) is 0 Å². The maximum absolute atomic E-state index is 11.9. The Bertz CT molecular complexity index is 953. The van der Waals surface area contributed by atoms with Gasteiger partial charge in [-0.2, -0.15) is 0 Å². The first-order valence-electron chi connectivity index (χ1n) is 9.50. The monoisotopic (exact) mass is 381 g/mol. The molecule has 3 aromatic rings. The van der Waals surface area contributed by atoms with Gasteiger partial charge in [-0.05, 0) is 68.7 Å². The summed E-state index contributed by atoms with van der Waals surface area (Å²) in [6.07, 6.45) is 1.28. The molecule has 0 atom stereocenters. The summed E-state index contributed by atoms with van der Waals surface area (Å²) in [6, 6.07) is 14.2. The van der Waals surface area contributed by atoms with Crippen LogP contribution in [0.3, 0.4) is 0 Å². The number of benzene rings is 2. The Hall–Kier alpha value is -2.79. The molecule has 148 valence electrons. The summed E-state index contributed by atoms with van der Waals surface area (Å²) in [5.74, 6) is 0. The van der Waals surface area contributed by atoms with E-state index in [0.29, 0.717) is 19.8 Å². The average molecular weight is 381 g/mol. The van der Waals surface area contributed by atoms with Crippen molar-refractivity contribution >= 4 is 17.1 Å². The summed E-state index contributed by atoms with van der Waals surface area (Å²) in [4.78, 5) is 11.9. The fourth-order valence-electron chi connectivity index (χ4n) is 3.00. The Morgan fingerprint density at radius 2 is 1.93 bits per heavy atom. The first-order valence-corrected chi connectivity index (χ1v) is 9.50. The predicted molar refractivity (Wildman–Crippen MR) is 110 cm³/mol. The van der Waals surface area contributed by atoms with Crippen molar-refractivity contribution in [3.05, 3.63) is 59.9 Å². The zero-order valence-electron chi connectivity index (χ0n) is 16.9. The smallest absolute Gasteiger partial charge is 0.407 e.